The molecule has 16 heavy (non-hydrogen) atoms. The van der Waals surface area contributed by atoms with Crippen LogP contribution in [-0.4, -0.2) is 5.11 Å². The van der Waals surface area contributed by atoms with E-state index in [1.54, 1.807) is 0 Å². The first kappa shape index (κ1) is 12.7. The van der Waals surface area contributed by atoms with E-state index in [1.807, 2.05) is 0 Å². The lowest BCUT2D eigenvalue weighted by molar-refractivity contribution is 0.0416. The highest BCUT2D eigenvalue weighted by Crippen LogP contribution is 2.29. The highest BCUT2D eigenvalue weighted by Gasteiger charge is 2.27. The highest BCUT2D eigenvalue weighted by molar-refractivity contribution is 5.24. The predicted molar refractivity (Wildman–Crippen MR) is 58.6 cm³/mol. The van der Waals surface area contributed by atoms with E-state index >= 15 is 0 Å². The molecule has 0 saturated carbocycles. The van der Waals surface area contributed by atoms with Crippen LogP contribution in [0.1, 0.15) is 31.7 Å². The molecule has 0 amide bonds. The Kier molecular flexibility index (Phi) is 4.03. The Balaban J connectivity index is 2.89. The molecule has 0 aliphatic carbocycles. The van der Waals surface area contributed by atoms with Crippen LogP contribution in [0.25, 0.3) is 0 Å². The molecule has 0 aliphatic rings. The van der Waals surface area contributed by atoms with Gasteiger partial charge in [-0.25, -0.2) is 8.78 Å². The van der Waals surface area contributed by atoms with Gasteiger partial charge in [-0.15, -0.1) is 12.3 Å². The summed E-state index contributed by atoms with van der Waals surface area (Å²) in [7, 11) is 0. The SMILES string of the molecule is C#CCCCC(C)(O)c1cccc(F)c1F. The van der Waals surface area contributed by atoms with Gasteiger partial charge in [0.15, 0.2) is 11.6 Å². The fourth-order valence-corrected chi connectivity index (χ4v) is 1.59. The van der Waals surface area contributed by atoms with Crippen molar-refractivity contribution in [1.82, 2.24) is 0 Å². The number of rotatable bonds is 4. The normalized spacial score (nSPS) is 14.2. The molecule has 0 heterocycles. The Hall–Kier alpha value is -1.40. The summed E-state index contributed by atoms with van der Waals surface area (Å²) >= 11 is 0. The van der Waals surface area contributed by atoms with E-state index in [-0.39, 0.29) is 5.56 Å². The minimum atomic E-state index is -1.39. The van der Waals surface area contributed by atoms with Crippen LogP contribution in [0.3, 0.4) is 0 Å². The number of terminal acetylenes is 1. The molecule has 0 spiro atoms. The largest absolute Gasteiger partial charge is 0.385 e. The number of aliphatic hydroxyl groups is 1. The molecule has 1 rings (SSSR count). The van der Waals surface area contributed by atoms with Gasteiger partial charge in [0.05, 0.1) is 5.60 Å². The van der Waals surface area contributed by atoms with E-state index in [9.17, 15) is 13.9 Å². The molecule has 0 aromatic heterocycles. The topological polar surface area (TPSA) is 20.2 Å². The fraction of sp³-hybridized carbons (Fsp3) is 0.385. The van der Waals surface area contributed by atoms with Crippen molar-refractivity contribution >= 4 is 0 Å². The quantitative estimate of drug-likeness (QED) is 0.615. The third-order valence-corrected chi connectivity index (χ3v) is 2.52. The lowest BCUT2D eigenvalue weighted by Crippen LogP contribution is -2.23. The maximum atomic E-state index is 13.4. The standard InChI is InChI=1S/C13H14F2O/c1-3-4-5-9-13(2,16)10-7-6-8-11(14)12(10)15/h1,6-8,16H,4-5,9H2,2H3. The van der Waals surface area contributed by atoms with E-state index in [2.05, 4.69) is 5.92 Å². The smallest absolute Gasteiger partial charge is 0.164 e. The number of unbranched alkanes of at least 4 members (excludes halogenated alkanes) is 1. The maximum Gasteiger partial charge on any atom is 0.164 e. The molecule has 1 atom stereocenters. The van der Waals surface area contributed by atoms with Gasteiger partial charge in [0, 0.05) is 12.0 Å². The van der Waals surface area contributed by atoms with Gasteiger partial charge < -0.3 is 5.11 Å². The monoisotopic (exact) mass is 224 g/mol. The third-order valence-electron chi connectivity index (χ3n) is 2.52. The van der Waals surface area contributed by atoms with Crippen LogP contribution in [-0.2, 0) is 5.60 Å². The van der Waals surface area contributed by atoms with Gasteiger partial charge in [-0.05, 0) is 25.8 Å². The Morgan fingerprint density at radius 3 is 2.75 bits per heavy atom. The van der Waals surface area contributed by atoms with Crippen molar-refractivity contribution in [3.8, 4) is 12.3 Å². The average Bonchev–Trinajstić information content (AvgIpc) is 2.22. The van der Waals surface area contributed by atoms with Gasteiger partial charge in [0.2, 0.25) is 0 Å². The highest BCUT2D eigenvalue weighted by atomic mass is 19.2. The molecule has 0 bridgehead atoms. The molecule has 1 unspecified atom stereocenters. The van der Waals surface area contributed by atoms with Gasteiger partial charge in [-0.1, -0.05) is 12.1 Å². The minimum absolute atomic E-state index is 0.0236. The first-order valence-corrected chi connectivity index (χ1v) is 5.09. The van der Waals surface area contributed by atoms with Crippen LogP contribution >= 0.6 is 0 Å². The van der Waals surface area contributed by atoms with Gasteiger partial charge in [-0.2, -0.15) is 0 Å². The summed E-state index contributed by atoms with van der Waals surface area (Å²) in [6.07, 6.45) is 6.46. The Morgan fingerprint density at radius 1 is 1.44 bits per heavy atom. The average molecular weight is 224 g/mol. The number of hydrogen-bond acceptors (Lipinski definition) is 1. The first-order valence-electron chi connectivity index (χ1n) is 5.09. The molecular formula is C13H14F2O. The zero-order valence-electron chi connectivity index (χ0n) is 9.13. The summed E-state index contributed by atoms with van der Waals surface area (Å²) in [6, 6.07) is 3.79. The molecule has 1 nitrogen and oxygen atoms in total. The van der Waals surface area contributed by atoms with Crippen molar-refractivity contribution < 1.29 is 13.9 Å². The van der Waals surface area contributed by atoms with Gasteiger partial charge in [0.1, 0.15) is 0 Å². The van der Waals surface area contributed by atoms with Gasteiger partial charge in [-0.3, -0.25) is 0 Å². The van der Waals surface area contributed by atoms with Crippen molar-refractivity contribution in [3.63, 3.8) is 0 Å². The Bertz CT molecular complexity index is 405. The van der Waals surface area contributed by atoms with E-state index < -0.39 is 17.2 Å². The fourth-order valence-electron chi connectivity index (χ4n) is 1.59. The Labute approximate surface area is 94.1 Å². The Morgan fingerprint density at radius 2 is 2.12 bits per heavy atom. The van der Waals surface area contributed by atoms with Crippen molar-refractivity contribution in [2.45, 2.75) is 31.8 Å². The van der Waals surface area contributed by atoms with E-state index in [0.717, 1.165) is 6.07 Å². The first-order chi connectivity index (χ1) is 7.49. The summed E-state index contributed by atoms with van der Waals surface area (Å²) in [5, 5.41) is 10.0. The molecule has 1 aromatic rings. The number of benzene rings is 1. The number of halogens is 2. The van der Waals surface area contributed by atoms with Crippen LogP contribution in [0.2, 0.25) is 0 Å². The molecule has 1 aromatic carbocycles. The molecule has 0 aliphatic heterocycles. The molecule has 86 valence electrons. The number of hydrogen-bond donors (Lipinski definition) is 1. The minimum Gasteiger partial charge on any atom is -0.385 e. The summed E-state index contributed by atoms with van der Waals surface area (Å²) in [5.41, 5.74) is -1.41. The molecule has 0 radical (unpaired) electrons. The molecular weight excluding hydrogens is 210 g/mol. The van der Waals surface area contributed by atoms with Crippen LogP contribution in [0.4, 0.5) is 8.78 Å². The third kappa shape index (κ3) is 2.80. The van der Waals surface area contributed by atoms with Crippen LogP contribution in [0, 0.1) is 24.0 Å². The predicted octanol–water partition coefficient (Wildman–Crippen LogP) is 2.98. The van der Waals surface area contributed by atoms with E-state index in [0.29, 0.717) is 19.3 Å². The second-order valence-corrected chi connectivity index (χ2v) is 3.93. The van der Waals surface area contributed by atoms with Gasteiger partial charge >= 0.3 is 0 Å². The summed E-state index contributed by atoms with van der Waals surface area (Å²) in [4.78, 5) is 0. The van der Waals surface area contributed by atoms with Crippen LogP contribution < -0.4 is 0 Å². The zero-order chi connectivity index (χ0) is 12.2. The van der Waals surface area contributed by atoms with Crippen LogP contribution in [0.15, 0.2) is 18.2 Å². The van der Waals surface area contributed by atoms with Crippen molar-refractivity contribution in [2.24, 2.45) is 0 Å². The van der Waals surface area contributed by atoms with E-state index in [1.165, 1.54) is 19.1 Å². The summed E-state index contributed by atoms with van der Waals surface area (Å²) in [6.45, 7) is 1.46. The lowest BCUT2D eigenvalue weighted by atomic mass is 9.90. The van der Waals surface area contributed by atoms with Crippen LogP contribution in [0.5, 0.6) is 0 Å². The molecule has 3 heteroatoms. The maximum absolute atomic E-state index is 13.4. The molecule has 0 saturated heterocycles. The van der Waals surface area contributed by atoms with Gasteiger partial charge in [0.25, 0.3) is 0 Å². The molecule has 0 fully saturated rings. The summed E-state index contributed by atoms with van der Waals surface area (Å²) in [5.74, 6) is 0.497. The summed E-state index contributed by atoms with van der Waals surface area (Å²) < 4.78 is 26.4. The zero-order valence-corrected chi connectivity index (χ0v) is 9.13. The van der Waals surface area contributed by atoms with Crippen molar-refractivity contribution in [2.75, 3.05) is 0 Å². The van der Waals surface area contributed by atoms with Crippen molar-refractivity contribution in [3.05, 3.63) is 35.4 Å². The van der Waals surface area contributed by atoms with E-state index in [4.69, 9.17) is 6.42 Å². The van der Waals surface area contributed by atoms with Crippen molar-refractivity contribution in [1.29, 1.82) is 0 Å². The second kappa shape index (κ2) is 5.09. The second-order valence-electron chi connectivity index (χ2n) is 3.93. The lowest BCUT2D eigenvalue weighted by Gasteiger charge is -2.24. The molecule has 1 N–H and O–H groups in total.